The number of hydrogen-bond donors (Lipinski definition) is 0. The molecule has 0 unspecified atom stereocenters. The second kappa shape index (κ2) is 6.81. The molecule has 1 amide bonds. The molecule has 0 bridgehead atoms. The third-order valence-corrected chi connectivity index (χ3v) is 5.04. The van der Waals surface area contributed by atoms with Gasteiger partial charge in [-0.25, -0.2) is 8.42 Å². The second-order valence-corrected chi connectivity index (χ2v) is 8.46. The molecule has 1 saturated heterocycles. The summed E-state index contributed by atoms with van der Waals surface area (Å²) in [5, 5.41) is 0. The van der Waals surface area contributed by atoms with Gasteiger partial charge in [0.1, 0.15) is 11.5 Å². The monoisotopic (exact) mass is 347 g/mol. The van der Waals surface area contributed by atoms with Gasteiger partial charge in [-0.15, -0.1) is 0 Å². The maximum absolute atomic E-state index is 12.7. The van der Waals surface area contributed by atoms with E-state index in [9.17, 15) is 13.2 Å². The summed E-state index contributed by atoms with van der Waals surface area (Å²) in [4.78, 5) is 14.6. The molecule has 24 heavy (non-hydrogen) atoms. The van der Waals surface area contributed by atoms with E-state index in [4.69, 9.17) is 4.42 Å². The van der Waals surface area contributed by atoms with E-state index >= 15 is 0 Å². The van der Waals surface area contributed by atoms with Crippen molar-refractivity contribution in [3.8, 4) is 0 Å². The Bertz CT molecular complexity index is 811. The van der Waals surface area contributed by atoms with Crippen LogP contribution in [0.5, 0.6) is 0 Å². The van der Waals surface area contributed by atoms with Crippen LogP contribution in [0.3, 0.4) is 0 Å². The van der Waals surface area contributed by atoms with Crippen molar-refractivity contribution in [3.63, 3.8) is 0 Å². The maximum Gasteiger partial charge on any atom is 0.289 e. The van der Waals surface area contributed by atoms with E-state index < -0.39 is 9.84 Å². The summed E-state index contributed by atoms with van der Waals surface area (Å²) in [6.45, 7) is 0.707. The van der Waals surface area contributed by atoms with Crippen LogP contribution in [0, 0.1) is 0 Å². The number of carbonyl (C=O) groups excluding carboxylic acids is 1. The first-order chi connectivity index (χ1) is 11.4. The second-order valence-electron chi connectivity index (χ2n) is 6.32. The van der Waals surface area contributed by atoms with Crippen LogP contribution in [0.2, 0.25) is 0 Å². The van der Waals surface area contributed by atoms with E-state index in [0.717, 1.165) is 25.5 Å². The van der Waals surface area contributed by atoms with E-state index in [0.29, 0.717) is 12.3 Å². The summed E-state index contributed by atoms with van der Waals surface area (Å²) in [6, 6.07) is 13.4. The summed E-state index contributed by atoms with van der Waals surface area (Å²) in [7, 11) is -3.18. The fourth-order valence-electron chi connectivity index (χ4n) is 3.17. The zero-order chi connectivity index (χ0) is 17.2. The molecule has 0 N–H and O–H groups in total. The van der Waals surface area contributed by atoms with Crippen LogP contribution in [0.4, 0.5) is 0 Å². The quantitative estimate of drug-likeness (QED) is 0.834. The van der Waals surface area contributed by atoms with Gasteiger partial charge in [0.25, 0.3) is 5.91 Å². The lowest BCUT2D eigenvalue weighted by Gasteiger charge is -2.24. The van der Waals surface area contributed by atoms with E-state index in [1.165, 1.54) is 5.56 Å². The average Bonchev–Trinajstić information content (AvgIpc) is 3.15. The summed E-state index contributed by atoms with van der Waals surface area (Å²) >= 11 is 0. The van der Waals surface area contributed by atoms with Crippen molar-refractivity contribution in [2.45, 2.75) is 31.1 Å². The van der Waals surface area contributed by atoms with Gasteiger partial charge in [-0.05, 0) is 37.0 Å². The minimum absolute atomic E-state index is 0.156. The van der Waals surface area contributed by atoms with E-state index in [2.05, 4.69) is 12.1 Å². The van der Waals surface area contributed by atoms with Gasteiger partial charge in [0.15, 0.2) is 15.6 Å². The number of carbonyl (C=O) groups is 1. The molecule has 0 spiro atoms. The fourth-order valence-corrected chi connectivity index (χ4v) is 3.84. The highest BCUT2D eigenvalue weighted by molar-refractivity contribution is 7.89. The largest absolute Gasteiger partial charge is 0.455 e. The molecule has 2 aromatic rings. The highest BCUT2D eigenvalue weighted by Crippen LogP contribution is 2.24. The van der Waals surface area contributed by atoms with Gasteiger partial charge in [0.2, 0.25) is 0 Å². The van der Waals surface area contributed by atoms with Crippen molar-refractivity contribution in [2.24, 2.45) is 0 Å². The van der Waals surface area contributed by atoms with Crippen molar-refractivity contribution in [1.29, 1.82) is 0 Å². The average molecular weight is 347 g/mol. The Labute approximate surface area is 142 Å². The van der Waals surface area contributed by atoms with Crippen molar-refractivity contribution >= 4 is 15.7 Å². The molecular weight excluding hydrogens is 326 g/mol. The maximum atomic E-state index is 12.7. The Morgan fingerprint density at radius 1 is 1.21 bits per heavy atom. The van der Waals surface area contributed by atoms with Gasteiger partial charge in [-0.3, -0.25) is 4.79 Å². The van der Waals surface area contributed by atoms with Gasteiger partial charge in [-0.1, -0.05) is 30.3 Å². The lowest BCUT2D eigenvalue weighted by molar-refractivity contribution is 0.0702. The first-order valence-corrected chi connectivity index (χ1v) is 10.1. The van der Waals surface area contributed by atoms with Crippen LogP contribution in [0.1, 0.15) is 34.7 Å². The van der Waals surface area contributed by atoms with Crippen LogP contribution >= 0.6 is 0 Å². The van der Waals surface area contributed by atoms with Gasteiger partial charge in [0.05, 0.1) is 0 Å². The third-order valence-electron chi connectivity index (χ3n) is 4.23. The molecule has 1 atom stereocenters. The zero-order valence-electron chi connectivity index (χ0n) is 13.6. The van der Waals surface area contributed by atoms with Crippen molar-refractivity contribution < 1.29 is 17.6 Å². The molecule has 128 valence electrons. The Balaban J connectivity index is 1.71. The number of furan rings is 1. The molecule has 1 aliphatic heterocycles. The van der Waals surface area contributed by atoms with Gasteiger partial charge >= 0.3 is 0 Å². The van der Waals surface area contributed by atoms with Crippen molar-refractivity contribution in [2.75, 3.05) is 12.8 Å². The van der Waals surface area contributed by atoms with Gasteiger partial charge < -0.3 is 9.32 Å². The van der Waals surface area contributed by atoms with Crippen LogP contribution < -0.4 is 0 Å². The first-order valence-electron chi connectivity index (χ1n) is 8.04. The standard InChI is InChI=1S/C18H21NO4S/c1-24(21,22)13-16-9-10-17(23-16)18(20)19-11-5-8-15(19)12-14-6-3-2-4-7-14/h2-4,6-7,9-10,15H,5,8,11-13H2,1H3/t15-/m1/s1. The Morgan fingerprint density at radius 2 is 1.96 bits per heavy atom. The molecule has 6 heteroatoms. The van der Waals surface area contributed by atoms with Crippen molar-refractivity contribution in [3.05, 3.63) is 59.5 Å². The first kappa shape index (κ1) is 16.8. The minimum Gasteiger partial charge on any atom is -0.455 e. The van der Waals surface area contributed by atoms with E-state index in [1.807, 2.05) is 23.1 Å². The molecule has 0 saturated carbocycles. The number of rotatable bonds is 5. The van der Waals surface area contributed by atoms with Crippen molar-refractivity contribution in [1.82, 2.24) is 4.90 Å². The number of benzene rings is 1. The Kier molecular flexibility index (Phi) is 4.76. The highest BCUT2D eigenvalue weighted by Gasteiger charge is 2.31. The molecule has 1 aromatic carbocycles. The number of nitrogens with zero attached hydrogens (tertiary/aromatic N) is 1. The molecule has 2 heterocycles. The summed E-state index contributed by atoms with van der Waals surface area (Å²) in [5.41, 5.74) is 1.21. The molecule has 5 nitrogen and oxygen atoms in total. The Hall–Kier alpha value is -2.08. The van der Waals surface area contributed by atoms with E-state index in [-0.39, 0.29) is 23.5 Å². The summed E-state index contributed by atoms with van der Waals surface area (Å²) in [5.74, 6) is 0.176. The SMILES string of the molecule is CS(=O)(=O)Cc1ccc(C(=O)N2CCC[C@@H]2Cc2ccccc2)o1. The molecule has 0 radical (unpaired) electrons. The zero-order valence-corrected chi connectivity index (χ0v) is 14.5. The molecular formula is C18H21NO4S. The van der Waals surface area contributed by atoms with Crippen LogP contribution in [-0.2, 0) is 22.0 Å². The lowest BCUT2D eigenvalue weighted by atomic mass is 10.0. The predicted octanol–water partition coefficient (Wildman–Crippen LogP) is 2.67. The molecule has 3 rings (SSSR count). The summed E-state index contributed by atoms with van der Waals surface area (Å²) in [6.07, 6.45) is 3.91. The summed E-state index contributed by atoms with van der Waals surface area (Å²) < 4.78 is 28.1. The lowest BCUT2D eigenvalue weighted by Crippen LogP contribution is -2.36. The Morgan fingerprint density at radius 3 is 2.67 bits per heavy atom. The number of sulfone groups is 1. The van der Waals surface area contributed by atoms with Gasteiger partial charge in [0, 0.05) is 18.8 Å². The number of likely N-dealkylation sites (tertiary alicyclic amines) is 1. The van der Waals surface area contributed by atoms with E-state index in [1.54, 1.807) is 12.1 Å². The minimum atomic E-state index is -3.18. The third kappa shape index (κ3) is 4.06. The normalized spacial score (nSPS) is 18.0. The van der Waals surface area contributed by atoms with Crippen LogP contribution in [0.15, 0.2) is 46.9 Å². The topological polar surface area (TPSA) is 67.6 Å². The van der Waals surface area contributed by atoms with Crippen LogP contribution in [-0.4, -0.2) is 38.1 Å². The van der Waals surface area contributed by atoms with Crippen LogP contribution in [0.25, 0.3) is 0 Å². The smallest absolute Gasteiger partial charge is 0.289 e. The molecule has 0 aliphatic carbocycles. The molecule has 1 aromatic heterocycles. The molecule has 1 aliphatic rings. The number of hydrogen-bond acceptors (Lipinski definition) is 4. The fraction of sp³-hybridized carbons (Fsp3) is 0.389. The molecule has 1 fully saturated rings. The number of amides is 1. The van der Waals surface area contributed by atoms with Gasteiger partial charge in [-0.2, -0.15) is 0 Å². The predicted molar refractivity (Wildman–Crippen MR) is 91.5 cm³/mol. The highest BCUT2D eigenvalue weighted by atomic mass is 32.2.